The summed E-state index contributed by atoms with van der Waals surface area (Å²) in [6.45, 7) is 10.0. The van der Waals surface area contributed by atoms with Gasteiger partial charge in [0, 0.05) is 33.7 Å². The summed E-state index contributed by atoms with van der Waals surface area (Å²) < 4.78 is 14.5. The first kappa shape index (κ1) is 21.7. The third-order valence-electron chi connectivity index (χ3n) is 4.78. The van der Waals surface area contributed by atoms with Crippen molar-refractivity contribution in [1.82, 2.24) is 4.67 Å². The molecule has 0 aliphatic carbocycles. The molecule has 0 saturated carbocycles. The molecule has 0 spiro atoms. The van der Waals surface area contributed by atoms with Crippen molar-refractivity contribution < 1.29 is 4.74 Å². The Kier molecular flexibility index (Phi) is 7.11. The van der Waals surface area contributed by atoms with Crippen molar-refractivity contribution in [3.8, 4) is 0 Å². The summed E-state index contributed by atoms with van der Waals surface area (Å²) in [6, 6.07) is 18.6. The second-order valence-electron chi connectivity index (χ2n) is 7.71. The molecule has 1 atom stereocenters. The van der Waals surface area contributed by atoms with E-state index in [1.807, 2.05) is 24.3 Å². The Bertz CT molecular complexity index is 859. The molecule has 4 nitrogen and oxygen atoms in total. The molecule has 0 radical (unpaired) electrons. The monoisotopic (exact) mass is 479 g/mol. The maximum Gasteiger partial charge on any atom is 0.197 e. The number of halogens is 1. The van der Waals surface area contributed by atoms with Crippen LogP contribution in [0.5, 0.6) is 0 Å². The molecule has 1 N–H and O–H groups in total. The van der Waals surface area contributed by atoms with E-state index in [0.29, 0.717) is 5.11 Å². The molecular formula is C21H27BrN3OPS. The first-order chi connectivity index (χ1) is 13.3. The molecule has 3 rings (SSSR count). The first-order valence-corrected chi connectivity index (χ1v) is 12.3. The average Bonchev–Trinajstić information content (AvgIpc) is 2.68. The molecule has 1 heterocycles. The standard InChI is InChI=1S/C21H27BrN3OPS/c1-21(2,3)27(19-7-5-4-6-8-19,25-13-15-26-16-14-25)24-20(28)23-18-11-9-17(22)10-12-18/h4-12H,13-16H2,1-3H3,(H,23,28). The van der Waals surface area contributed by atoms with Crippen LogP contribution in [0.4, 0.5) is 5.69 Å². The van der Waals surface area contributed by atoms with Crippen molar-refractivity contribution >= 4 is 51.5 Å². The highest BCUT2D eigenvalue weighted by atomic mass is 79.9. The zero-order valence-electron chi connectivity index (χ0n) is 16.6. The van der Waals surface area contributed by atoms with Gasteiger partial charge in [0.25, 0.3) is 0 Å². The molecule has 1 fully saturated rings. The van der Waals surface area contributed by atoms with Gasteiger partial charge in [-0.2, -0.15) is 0 Å². The summed E-state index contributed by atoms with van der Waals surface area (Å²) >= 11 is 9.21. The van der Waals surface area contributed by atoms with Crippen LogP contribution in [0.2, 0.25) is 0 Å². The number of benzene rings is 2. The lowest BCUT2D eigenvalue weighted by Gasteiger charge is -2.46. The summed E-state index contributed by atoms with van der Waals surface area (Å²) in [7, 11) is -2.15. The number of anilines is 1. The molecule has 1 aliphatic heterocycles. The van der Waals surface area contributed by atoms with Crippen LogP contribution in [0.1, 0.15) is 20.8 Å². The number of nitrogens with zero attached hydrogens (tertiary/aromatic N) is 2. The third kappa shape index (κ3) is 4.74. The Morgan fingerprint density at radius 1 is 1.07 bits per heavy atom. The molecule has 1 aliphatic rings. The molecule has 1 saturated heterocycles. The van der Waals surface area contributed by atoms with E-state index in [9.17, 15) is 0 Å². The minimum atomic E-state index is -2.15. The second-order valence-corrected chi connectivity index (χ2v) is 12.8. The molecule has 28 heavy (non-hydrogen) atoms. The van der Waals surface area contributed by atoms with E-state index in [4.69, 9.17) is 21.7 Å². The van der Waals surface area contributed by atoms with Crippen molar-refractivity contribution in [3.63, 3.8) is 0 Å². The largest absolute Gasteiger partial charge is 0.379 e. The van der Waals surface area contributed by atoms with Gasteiger partial charge in [-0.3, -0.25) is 4.67 Å². The normalized spacial score (nSPS) is 17.6. The predicted octanol–water partition coefficient (Wildman–Crippen LogP) is 5.72. The molecule has 2 aromatic carbocycles. The third-order valence-corrected chi connectivity index (χ3v) is 10.2. The lowest BCUT2D eigenvalue weighted by Crippen LogP contribution is -2.43. The van der Waals surface area contributed by atoms with Gasteiger partial charge >= 0.3 is 0 Å². The van der Waals surface area contributed by atoms with Crippen LogP contribution >= 0.6 is 35.4 Å². The minimum Gasteiger partial charge on any atom is -0.379 e. The number of morpholine rings is 1. The summed E-state index contributed by atoms with van der Waals surface area (Å²) in [4.78, 5) is 0. The lowest BCUT2D eigenvalue weighted by molar-refractivity contribution is 0.0738. The summed E-state index contributed by atoms with van der Waals surface area (Å²) in [5, 5.41) is 5.03. The molecule has 0 amide bonds. The van der Waals surface area contributed by atoms with Gasteiger partial charge in [0.1, 0.15) is 0 Å². The molecule has 150 valence electrons. The van der Waals surface area contributed by atoms with E-state index in [0.717, 1.165) is 36.5 Å². The van der Waals surface area contributed by atoms with Gasteiger partial charge in [-0.25, -0.2) is 4.74 Å². The number of thiocarbonyl (C=S) groups is 1. The van der Waals surface area contributed by atoms with E-state index in [-0.39, 0.29) is 5.16 Å². The van der Waals surface area contributed by atoms with E-state index >= 15 is 0 Å². The van der Waals surface area contributed by atoms with Gasteiger partial charge in [-0.15, -0.1) is 0 Å². The maximum absolute atomic E-state index is 5.74. The van der Waals surface area contributed by atoms with E-state index in [1.54, 1.807) is 0 Å². The van der Waals surface area contributed by atoms with Crippen molar-refractivity contribution in [2.24, 2.45) is 4.74 Å². The van der Waals surface area contributed by atoms with Crippen LogP contribution in [0.3, 0.4) is 0 Å². The van der Waals surface area contributed by atoms with Crippen LogP contribution in [-0.4, -0.2) is 41.2 Å². The van der Waals surface area contributed by atoms with E-state index < -0.39 is 7.21 Å². The van der Waals surface area contributed by atoms with Crippen LogP contribution in [-0.2, 0) is 4.74 Å². The smallest absolute Gasteiger partial charge is 0.197 e. The Hall–Kier alpha value is -1.04. The van der Waals surface area contributed by atoms with Crippen molar-refractivity contribution in [3.05, 3.63) is 59.1 Å². The second kappa shape index (κ2) is 9.19. The van der Waals surface area contributed by atoms with Gasteiger partial charge in [-0.05, 0) is 36.5 Å². The van der Waals surface area contributed by atoms with Crippen LogP contribution in [0.15, 0.2) is 63.8 Å². The molecule has 2 aromatic rings. The Balaban J connectivity index is 2.09. The van der Waals surface area contributed by atoms with E-state index in [2.05, 4.69) is 77.0 Å². The first-order valence-electron chi connectivity index (χ1n) is 9.41. The molecule has 1 unspecified atom stereocenters. The Labute approximate surface area is 181 Å². The number of nitrogens with one attached hydrogen (secondary N) is 1. The van der Waals surface area contributed by atoms with Crippen LogP contribution in [0.25, 0.3) is 0 Å². The van der Waals surface area contributed by atoms with Gasteiger partial charge in [0.05, 0.1) is 20.4 Å². The highest BCUT2D eigenvalue weighted by molar-refractivity contribution is 9.10. The lowest BCUT2D eigenvalue weighted by atomic mass is 10.3. The fourth-order valence-electron chi connectivity index (χ4n) is 3.54. The highest BCUT2D eigenvalue weighted by Gasteiger charge is 2.41. The van der Waals surface area contributed by atoms with Gasteiger partial charge < -0.3 is 10.1 Å². The molecular weight excluding hydrogens is 453 g/mol. The number of ether oxygens (including phenoxy) is 1. The summed E-state index contributed by atoms with van der Waals surface area (Å²) in [5.41, 5.74) is 0.944. The summed E-state index contributed by atoms with van der Waals surface area (Å²) in [5.74, 6) is 0. The summed E-state index contributed by atoms with van der Waals surface area (Å²) in [6.07, 6.45) is 0. The van der Waals surface area contributed by atoms with Crippen molar-refractivity contribution in [2.45, 2.75) is 25.9 Å². The molecule has 0 aromatic heterocycles. The molecule has 0 bridgehead atoms. The topological polar surface area (TPSA) is 36.9 Å². The van der Waals surface area contributed by atoms with Gasteiger partial charge in [-0.1, -0.05) is 67.0 Å². The Morgan fingerprint density at radius 2 is 1.68 bits per heavy atom. The Morgan fingerprint density at radius 3 is 2.25 bits per heavy atom. The fraction of sp³-hybridized carbons (Fsp3) is 0.381. The zero-order valence-corrected chi connectivity index (χ0v) is 19.9. The van der Waals surface area contributed by atoms with E-state index in [1.165, 1.54) is 5.30 Å². The predicted molar refractivity (Wildman–Crippen MR) is 128 cm³/mol. The number of hydrogen-bond acceptors (Lipinski definition) is 2. The van der Waals surface area contributed by atoms with Crippen molar-refractivity contribution in [1.29, 1.82) is 0 Å². The van der Waals surface area contributed by atoms with Crippen molar-refractivity contribution in [2.75, 3.05) is 31.6 Å². The molecule has 7 heteroatoms. The minimum absolute atomic E-state index is 0.0723. The number of hydrogen-bond donors (Lipinski definition) is 1. The average molecular weight is 480 g/mol. The van der Waals surface area contributed by atoms with Crippen LogP contribution < -0.4 is 10.6 Å². The van der Waals surface area contributed by atoms with Gasteiger partial charge in [0.15, 0.2) is 5.11 Å². The SMILES string of the molecule is CC(C)(C)P(=NC(=S)Nc1ccc(Br)cc1)(c1ccccc1)N1CCOCC1. The van der Waals surface area contributed by atoms with Crippen LogP contribution in [0, 0.1) is 0 Å². The maximum atomic E-state index is 5.74. The van der Waals surface area contributed by atoms with Gasteiger partial charge in [0.2, 0.25) is 0 Å². The fourth-order valence-corrected chi connectivity index (χ4v) is 8.41. The zero-order chi connectivity index (χ0) is 20.2. The quantitative estimate of drug-likeness (QED) is 0.451. The number of rotatable bonds is 3. The highest BCUT2D eigenvalue weighted by Crippen LogP contribution is 2.62.